The molecule has 2 unspecified atom stereocenters. The summed E-state index contributed by atoms with van der Waals surface area (Å²) in [7, 11) is 0. The van der Waals surface area contributed by atoms with E-state index in [9.17, 15) is 4.79 Å². The van der Waals surface area contributed by atoms with Gasteiger partial charge in [-0.05, 0) is 39.0 Å². The van der Waals surface area contributed by atoms with Crippen molar-refractivity contribution in [1.29, 1.82) is 0 Å². The fourth-order valence-corrected chi connectivity index (χ4v) is 2.95. The van der Waals surface area contributed by atoms with Crippen molar-refractivity contribution in [3.05, 3.63) is 12.2 Å². The van der Waals surface area contributed by atoms with Crippen LogP contribution in [0.3, 0.4) is 0 Å². The number of hydrogen-bond donors (Lipinski definition) is 3. The maximum Gasteiger partial charge on any atom is 0.220 e. The van der Waals surface area contributed by atoms with Crippen molar-refractivity contribution in [3.8, 4) is 0 Å². The number of nitrogens with two attached hydrogens (primary N) is 1. The second-order valence-corrected chi connectivity index (χ2v) is 7.54. The maximum absolute atomic E-state index is 11.8. The molecule has 0 rings (SSSR count). The first kappa shape index (κ1) is 25.1. The number of unbranched alkanes of at least 4 members (excludes halogenated alkanes) is 11. The van der Waals surface area contributed by atoms with Gasteiger partial charge in [-0.2, -0.15) is 0 Å². The van der Waals surface area contributed by atoms with E-state index in [0.29, 0.717) is 6.42 Å². The van der Waals surface area contributed by atoms with Gasteiger partial charge in [-0.1, -0.05) is 70.4 Å². The van der Waals surface area contributed by atoms with Gasteiger partial charge in [0.1, 0.15) is 0 Å². The topological polar surface area (TPSA) is 75.4 Å². The Bertz CT molecular complexity index is 345. The molecule has 0 bridgehead atoms. The Morgan fingerprint density at radius 1 is 0.923 bits per heavy atom. The number of amides is 1. The van der Waals surface area contributed by atoms with E-state index in [1.54, 1.807) is 0 Å². The van der Waals surface area contributed by atoms with Crippen molar-refractivity contribution in [2.45, 2.75) is 116 Å². The molecule has 0 aromatic rings. The molecule has 2 atom stereocenters. The Hall–Kier alpha value is -0.870. The lowest BCUT2D eigenvalue weighted by Crippen LogP contribution is -2.47. The van der Waals surface area contributed by atoms with Crippen molar-refractivity contribution in [2.75, 3.05) is 6.61 Å². The molecule has 1 amide bonds. The molecule has 0 spiro atoms. The summed E-state index contributed by atoms with van der Waals surface area (Å²) >= 11 is 0. The van der Waals surface area contributed by atoms with Gasteiger partial charge in [0, 0.05) is 18.5 Å². The third-order valence-corrected chi connectivity index (χ3v) is 4.91. The fraction of sp³-hybridized carbons (Fsp3) is 0.864. The van der Waals surface area contributed by atoms with Crippen LogP contribution in [0.2, 0.25) is 0 Å². The zero-order valence-electron chi connectivity index (χ0n) is 17.3. The lowest BCUT2D eigenvalue weighted by atomic mass is 10.1. The van der Waals surface area contributed by atoms with Gasteiger partial charge in [0.2, 0.25) is 5.91 Å². The van der Waals surface area contributed by atoms with Crippen LogP contribution in [0.4, 0.5) is 0 Å². The van der Waals surface area contributed by atoms with E-state index in [2.05, 4.69) is 24.4 Å². The second-order valence-electron chi connectivity index (χ2n) is 7.54. The highest BCUT2D eigenvalue weighted by Crippen LogP contribution is 2.10. The average molecular weight is 369 g/mol. The van der Waals surface area contributed by atoms with E-state index in [1.165, 1.54) is 70.6 Å². The average Bonchev–Trinajstić information content (AvgIpc) is 2.64. The van der Waals surface area contributed by atoms with E-state index in [0.717, 1.165) is 12.8 Å². The van der Waals surface area contributed by atoms with Crippen LogP contribution >= 0.6 is 0 Å². The smallest absolute Gasteiger partial charge is 0.220 e. The van der Waals surface area contributed by atoms with Gasteiger partial charge >= 0.3 is 0 Å². The van der Waals surface area contributed by atoms with E-state index >= 15 is 0 Å². The minimum atomic E-state index is -0.381. The van der Waals surface area contributed by atoms with Crippen LogP contribution in [0.15, 0.2) is 12.2 Å². The lowest BCUT2D eigenvalue weighted by molar-refractivity contribution is -0.122. The number of rotatable bonds is 18. The molecule has 0 saturated carbocycles. The summed E-state index contributed by atoms with van der Waals surface area (Å²) in [6.07, 6.45) is 21.6. The highest BCUT2D eigenvalue weighted by atomic mass is 16.3. The van der Waals surface area contributed by atoms with Gasteiger partial charge in [-0.15, -0.1) is 0 Å². The minimum absolute atomic E-state index is 0.0408. The molecule has 0 aromatic carbocycles. The molecular weight excluding hydrogens is 324 g/mol. The van der Waals surface area contributed by atoms with Gasteiger partial charge in [0.05, 0.1) is 6.61 Å². The summed E-state index contributed by atoms with van der Waals surface area (Å²) in [5.41, 5.74) is 5.68. The van der Waals surface area contributed by atoms with Crippen LogP contribution < -0.4 is 11.1 Å². The van der Waals surface area contributed by atoms with Crippen molar-refractivity contribution in [2.24, 2.45) is 5.73 Å². The van der Waals surface area contributed by atoms with Gasteiger partial charge in [0.25, 0.3) is 0 Å². The van der Waals surface area contributed by atoms with Crippen LogP contribution in [0.1, 0.15) is 104 Å². The van der Waals surface area contributed by atoms with Gasteiger partial charge in [0.15, 0.2) is 0 Å². The Kier molecular flexibility index (Phi) is 18.3. The Labute approximate surface area is 162 Å². The normalized spacial score (nSPS) is 13.8. The first-order chi connectivity index (χ1) is 12.6. The minimum Gasteiger partial charge on any atom is -0.395 e. The first-order valence-electron chi connectivity index (χ1n) is 10.9. The second kappa shape index (κ2) is 18.9. The highest BCUT2D eigenvalue weighted by Gasteiger charge is 2.13. The quantitative estimate of drug-likeness (QED) is 0.239. The Balaban J connectivity index is 3.33. The molecular formula is C22H44N2O2. The number of allylic oxidation sites excluding steroid dienone is 2. The van der Waals surface area contributed by atoms with E-state index in [1.807, 2.05) is 6.92 Å². The number of carbonyl (C=O) groups is 1. The molecule has 0 fully saturated rings. The van der Waals surface area contributed by atoms with Crippen LogP contribution in [0.5, 0.6) is 0 Å². The summed E-state index contributed by atoms with van der Waals surface area (Å²) in [4.78, 5) is 11.8. The van der Waals surface area contributed by atoms with Crippen LogP contribution in [0.25, 0.3) is 0 Å². The largest absolute Gasteiger partial charge is 0.395 e. The first-order valence-corrected chi connectivity index (χ1v) is 10.9. The molecule has 0 aliphatic carbocycles. The zero-order valence-corrected chi connectivity index (χ0v) is 17.3. The third-order valence-electron chi connectivity index (χ3n) is 4.91. The molecule has 0 aliphatic heterocycles. The number of nitrogens with one attached hydrogen (secondary N) is 1. The number of hydrogen-bond acceptors (Lipinski definition) is 3. The van der Waals surface area contributed by atoms with Gasteiger partial charge in [-0.3, -0.25) is 4.79 Å². The zero-order chi connectivity index (χ0) is 19.5. The molecule has 0 saturated heterocycles. The van der Waals surface area contributed by atoms with E-state index in [4.69, 9.17) is 10.8 Å². The van der Waals surface area contributed by atoms with E-state index < -0.39 is 0 Å². The molecule has 0 aromatic heterocycles. The molecule has 4 heteroatoms. The Morgan fingerprint density at radius 2 is 1.42 bits per heavy atom. The van der Waals surface area contributed by atoms with Crippen molar-refractivity contribution in [3.63, 3.8) is 0 Å². The summed E-state index contributed by atoms with van der Waals surface area (Å²) < 4.78 is 0. The van der Waals surface area contributed by atoms with Crippen LogP contribution in [-0.2, 0) is 4.79 Å². The van der Waals surface area contributed by atoms with Crippen LogP contribution in [0, 0.1) is 0 Å². The summed E-state index contributed by atoms with van der Waals surface area (Å²) in [5, 5.41) is 11.8. The molecule has 0 heterocycles. The van der Waals surface area contributed by atoms with Crippen molar-refractivity contribution >= 4 is 5.91 Å². The molecule has 4 N–H and O–H groups in total. The predicted molar refractivity (Wildman–Crippen MR) is 112 cm³/mol. The van der Waals surface area contributed by atoms with Gasteiger partial charge in [-0.25, -0.2) is 0 Å². The van der Waals surface area contributed by atoms with Gasteiger partial charge < -0.3 is 16.2 Å². The number of aliphatic hydroxyl groups is 1. The number of aliphatic hydroxyl groups excluding tert-OH is 1. The summed E-state index contributed by atoms with van der Waals surface area (Å²) in [6, 6.07) is -0.552. The monoisotopic (exact) mass is 368 g/mol. The molecule has 154 valence electrons. The number of carbonyl (C=O) groups excluding carboxylic acids is 1. The fourth-order valence-electron chi connectivity index (χ4n) is 2.95. The van der Waals surface area contributed by atoms with Crippen molar-refractivity contribution < 1.29 is 9.90 Å². The molecule has 4 nitrogen and oxygen atoms in total. The highest BCUT2D eigenvalue weighted by molar-refractivity contribution is 5.76. The summed E-state index contributed by atoms with van der Waals surface area (Å²) in [5.74, 6) is 0.0408. The molecule has 0 aliphatic rings. The Morgan fingerprint density at radius 3 is 1.96 bits per heavy atom. The molecule has 0 radical (unpaired) electrons. The lowest BCUT2D eigenvalue weighted by Gasteiger charge is -2.19. The third kappa shape index (κ3) is 16.6. The van der Waals surface area contributed by atoms with Crippen LogP contribution in [-0.4, -0.2) is 29.7 Å². The predicted octanol–water partition coefficient (Wildman–Crippen LogP) is 4.85. The molecule has 26 heavy (non-hydrogen) atoms. The maximum atomic E-state index is 11.8. The standard InChI is InChI=1S/C22H44N2O2/c1-3-4-5-6-7-8-9-10-11-12-13-14-15-16-17-18-22(26)24-20(2)21(23)19-25/h10-11,20-21,25H,3-9,12-19,23H2,1-2H3,(H,24,26)/b11-10-. The summed E-state index contributed by atoms with van der Waals surface area (Å²) in [6.45, 7) is 3.99. The van der Waals surface area contributed by atoms with E-state index in [-0.39, 0.29) is 24.6 Å². The SMILES string of the molecule is CCCCCCCC/C=C\CCCCCCCC(=O)NC(C)C(N)CO. The van der Waals surface area contributed by atoms with Crippen molar-refractivity contribution in [1.82, 2.24) is 5.32 Å².